The van der Waals surface area contributed by atoms with Gasteiger partial charge in [-0.15, -0.1) is 0 Å². The molecule has 0 fully saturated rings. The third-order valence-corrected chi connectivity index (χ3v) is 2.55. The van der Waals surface area contributed by atoms with Crippen LogP contribution >= 0.6 is 22.6 Å². The summed E-state index contributed by atoms with van der Waals surface area (Å²) in [6.45, 7) is 1.36. The molecule has 0 atom stereocenters. The molecular weight excluding hydrogens is 307 g/mol. The van der Waals surface area contributed by atoms with Crippen molar-refractivity contribution >= 4 is 22.6 Å². The minimum Gasteiger partial charge on any atom is -0.493 e. The molecule has 0 aliphatic carbocycles. The molecule has 1 aromatic carbocycles. The van der Waals surface area contributed by atoms with E-state index >= 15 is 0 Å². The van der Waals surface area contributed by atoms with Crippen LogP contribution in [0.3, 0.4) is 0 Å². The molecule has 84 valence electrons. The van der Waals surface area contributed by atoms with Crippen molar-refractivity contribution < 1.29 is 14.2 Å². The van der Waals surface area contributed by atoms with Crippen molar-refractivity contribution in [2.45, 2.75) is 6.42 Å². The van der Waals surface area contributed by atoms with E-state index < -0.39 is 0 Å². The fraction of sp³-hybridized carbons (Fsp3) is 0.455. The molecule has 0 N–H and O–H groups in total. The maximum Gasteiger partial charge on any atom is 0.162 e. The maximum atomic E-state index is 5.60. The first kappa shape index (κ1) is 12.6. The number of benzene rings is 1. The molecule has 0 aromatic heterocycles. The Kier molecular flexibility index (Phi) is 5.78. The van der Waals surface area contributed by atoms with Crippen LogP contribution < -0.4 is 9.47 Å². The van der Waals surface area contributed by atoms with Crippen LogP contribution in [0.25, 0.3) is 0 Å². The molecule has 0 spiro atoms. The van der Waals surface area contributed by atoms with Crippen molar-refractivity contribution in [3.05, 3.63) is 21.8 Å². The van der Waals surface area contributed by atoms with Gasteiger partial charge in [0.2, 0.25) is 0 Å². The normalized spacial score (nSPS) is 10.1. The Morgan fingerprint density at radius 3 is 2.60 bits per heavy atom. The first-order valence-corrected chi connectivity index (χ1v) is 5.81. The van der Waals surface area contributed by atoms with Gasteiger partial charge in [0.25, 0.3) is 0 Å². The van der Waals surface area contributed by atoms with Crippen LogP contribution in [0.5, 0.6) is 11.5 Å². The Morgan fingerprint density at radius 1 is 1.13 bits per heavy atom. The Balaban J connectivity index is 2.54. The third-order valence-electron chi connectivity index (χ3n) is 1.88. The summed E-state index contributed by atoms with van der Waals surface area (Å²) < 4.78 is 16.9. The van der Waals surface area contributed by atoms with E-state index in [9.17, 15) is 0 Å². The highest BCUT2D eigenvalue weighted by molar-refractivity contribution is 14.1. The Labute approximate surface area is 104 Å². The van der Waals surface area contributed by atoms with Crippen molar-refractivity contribution in [1.29, 1.82) is 0 Å². The molecule has 1 rings (SSSR count). The van der Waals surface area contributed by atoms with E-state index in [1.54, 1.807) is 14.2 Å². The number of methoxy groups -OCH3 is 2. The first-order chi connectivity index (χ1) is 7.27. The predicted octanol–water partition coefficient (Wildman–Crippen LogP) is 2.72. The summed E-state index contributed by atoms with van der Waals surface area (Å²) in [5.74, 6) is 1.56. The quantitative estimate of drug-likeness (QED) is 0.595. The number of hydrogen-bond donors (Lipinski definition) is 0. The lowest BCUT2D eigenvalue weighted by Crippen LogP contribution is -2.02. The SMILES string of the molecule is COCCCOc1cc(I)ccc1OC. The molecule has 1 aromatic rings. The third kappa shape index (κ3) is 4.25. The Morgan fingerprint density at radius 2 is 1.93 bits per heavy atom. The van der Waals surface area contributed by atoms with Gasteiger partial charge in [0.1, 0.15) is 0 Å². The van der Waals surface area contributed by atoms with E-state index in [2.05, 4.69) is 22.6 Å². The van der Waals surface area contributed by atoms with E-state index in [1.807, 2.05) is 18.2 Å². The molecule has 0 bridgehead atoms. The summed E-state index contributed by atoms with van der Waals surface area (Å²) in [6, 6.07) is 5.86. The molecule has 0 radical (unpaired) electrons. The Bertz CT molecular complexity index is 302. The molecular formula is C11H15IO3. The second kappa shape index (κ2) is 6.90. The average molecular weight is 322 g/mol. The molecule has 0 saturated carbocycles. The monoisotopic (exact) mass is 322 g/mol. The van der Waals surface area contributed by atoms with E-state index in [4.69, 9.17) is 14.2 Å². The molecule has 0 aliphatic rings. The smallest absolute Gasteiger partial charge is 0.162 e. The minimum absolute atomic E-state index is 0.643. The maximum absolute atomic E-state index is 5.60. The van der Waals surface area contributed by atoms with Gasteiger partial charge in [-0.2, -0.15) is 0 Å². The number of halogens is 1. The highest BCUT2D eigenvalue weighted by atomic mass is 127. The van der Waals surface area contributed by atoms with Gasteiger partial charge in [0.15, 0.2) is 11.5 Å². The lowest BCUT2D eigenvalue weighted by Gasteiger charge is -2.10. The van der Waals surface area contributed by atoms with Gasteiger partial charge in [-0.3, -0.25) is 0 Å². The summed E-state index contributed by atoms with van der Waals surface area (Å²) in [4.78, 5) is 0. The van der Waals surface area contributed by atoms with Gasteiger partial charge in [0.05, 0.1) is 13.7 Å². The van der Waals surface area contributed by atoms with E-state index in [-0.39, 0.29) is 0 Å². The topological polar surface area (TPSA) is 27.7 Å². The average Bonchev–Trinajstić information content (AvgIpc) is 2.25. The largest absolute Gasteiger partial charge is 0.493 e. The summed E-state index contributed by atoms with van der Waals surface area (Å²) >= 11 is 2.25. The summed E-state index contributed by atoms with van der Waals surface area (Å²) in [6.07, 6.45) is 0.880. The van der Waals surface area contributed by atoms with Gasteiger partial charge in [0, 0.05) is 23.7 Å². The number of hydrogen-bond acceptors (Lipinski definition) is 3. The zero-order valence-corrected chi connectivity index (χ0v) is 11.1. The van der Waals surface area contributed by atoms with Crippen LogP contribution in [-0.4, -0.2) is 27.4 Å². The molecule has 0 amide bonds. The molecule has 4 heteroatoms. The number of rotatable bonds is 6. The lowest BCUT2D eigenvalue weighted by atomic mass is 10.3. The summed E-state index contributed by atoms with van der Waals surface area (Å²) in [5, 5.41) is 0. The fourth-order valence-corrected chi connectivity index (χ4v) is 1.61. The predicted molar refractivity (Wildman–Crippen MR) is 67.7 cm³/mol. The number of ether oxygens (including phenoxy) is 3. The van der Waals surface area contributed by atoms with Crippen LogP contribution in [-0.2, 0) is 4.74 Å². The molecule has 0 heterocycles. The van der Waals surface area contributed by atoms with Crippen LogP contribution in [0, 0.1) is 3.57 Å². The van der Waals surface area contributed by atoms with Gasteiger partial charge in [-0.05, 0) is 40.8 Å². The van der Waals surface area contributed by atoms with Gasteiger partial charge < -0.3 is 14.2 Å². The minimum atomic E-state index is 0.643. The molecule has 0 saturated heterocycles. The van der Waals surface area contributed by atoms with Crippen LogP contribution in [0.4, 0.5) is 0 Å². The summed E-state index contributed by atoms with van der Waals surface area (Å²) in [7, 11) is 3.33. The molecule has 0 aliphatic heterocycles. The van der Waals surface area contributed by atoms with Gasteiger partial charge in [-0.25, -0.2) is 0 Å². The second-order valence-corrected chi connectivity index (χ2v) is 4.24. The molecule has 15 heavy (non-hydrogen) atoms. The Hall–Kier alpha value is -0.490. The second-order valence-electron chi connectivity index (χ2n) is 2.99. The van der Waals surface area contributed by atoms with Crippen molar-refractivity contribution in [1.82, 2.24) is 0 Å². The van der Waals surface area contributed by atoms with Crippen LogP contribution in [0.2, 0.25) is 0 Å². The van der Waals surface area contributed by atoms with E-state index in [1.165, 1.54) is 0 Å². The van der Waals surface area contributed by atoms with Crippen molar-refractivity contribution in [2.24, 2.45) is 0 Å². The zero-order chi connectivity index (χ0) is 11.1. The van der Waals surface area contributed by atoms with Gasteiger partial charge >= 0.3 is 0 Å². The highest BCUT2D eigenvalue weighted by Crippen LogP contribution is 2.28. The van der Waals surface area contributed by atoms with Crippen molar-refractivity contribution in [2.75, 3.05) is 27.4 Å². The molecule has 0 unspecified atom stereocenters. The molecule has 3 nitrogen and oxygen atoms in total. The van der Waals surface area contributed by atoms with Crippen molar-refractivity contribution in [3.63, 3.8) is 0 Å². The highest BCUT2D eigenvalue weighted by Gasteiger charge is 2.04. The zero-order valence-electron chi connectivity index (χ0n) is 8.96. The van der Waals surface area contributed by atoms with Crippen molar-refractivity contribution in [3.8, 4) is 11.5 Å². The van der Waals surface area contributed by atoms with Crippen LogP contribution in [0.1, 0.15) is 6.42 Å². The van der Waals surface area contributed by atoms with Crippen LogP contribution in [0.15, 0.2) is 18.2 Å². The fourth-order valence-electron chi connectivity index (χ4n) is 1.15. The lowest BCUT2D eigenvalue weighted by molar-refractivity contribution is 0.170. The van der Waals surface area contributed by atoms with E-state index in [0.717, 1.165) is 21.5 Å². The first-order valence-electron chi connectivity index (χ1n) is 4.73. The van der Waals surface area contributed by atoms with Gasteiger partial charge in [-0.1, -0.05) is 0 Å². The standard InChI is InChI=1S/C11H15IO3/c1-13-6-3-7-15-11-8-9(12)4-5-10(11)14-2/h4-5,8H,3,6-7H2,1-2H3. The summed E-state index contributed by atoms with van der Waals surface area (Å²) in [5.41, 5.74) is 0. The van der Waals surface area contributed by atoms with E-state index in [0.29, 0.717) is 13.2 Å².